The molecule has 0 rings (SSSR count). The summed E-state index contributed by atoms with van der Waals surface area (Å²) in [6, 6.07) is 0. The van der Waals surface area contributed by atoms with Crippen LogP contribution in [0.3, 0.4) is 0 Å². The van der Waals surface area contributed by atoms with Crippen molar-refractivity contribution in [3.63, 3.8) is 0 Å². The molecule has 0 heterocycles. The van der Waals surface area contributed by atoms with E-state index < -0.39 is 0 Å². The highest BCUT2D eigenvalue weighted by atomic mass is 32.2. The lowest BCUT2D eigenvalue weighted by Crippen LogP contribution is -2.25. The van der Waals surface area contributed by atoms with Crippen molar-refractivity contribution in [2.75, 3.05) is 25.6 Å². The average molecular weight is 520 g/mol. The first-order valence-electron chi connectivity index (χ1n) is 15.3. The highest BCUT2D eigenvalue weighted by Gasteiger charge is 2.21. The molecule has 3 nitrogen and oxygen atoms in total. The van der Waals surface area contributed by atoms with Gasteiger partial charge in [0.25, 0.3) is 0 Å². The van der Waals surface area contributed by atoms with Crippen molar-refractivity contribution in [2.24, 2.45) is 11.8 Å². The lowest BCUT2D eigenvalue weighted by molar-refractivity contribution is -0.128. The molecule has 0 spiro atoms. The summed E-state index contributed by atoms with van der Waals surface area (Å²) < 4.78 is 0. The Hall–Kier alpha value is -0.220. The van der Waals surface area contributed by atoms with Gasteiger partial charge in [-0.1, -0.05) is 120 Å². The van der Waals surface area contributed by atoms with Gasteiger partial charge in [-0.2, -0.15) is 11.8 Å². The van der Waals surface area contributed by atoms with Gasteiger partial charge in [-0.05, 0) is 49.0 Å². The van der Waals surface area contributed by atoms with Crippen molar-refractivity contribution >= 4 is 17.7 Å². The monoisotopic (exact) mass is 520 g/mol. The molecule has 216 valence electrons. The lowest BCUT2D eigenvalue weighted by Gasteiger charge is -2.26. The van der Waals surface area contributed by atoms with E-state index in [1.165, 1.54) is 62.9 Å². The van der Waals surface area contributed by atoms with Crippen LogP contribution in [0, 0.1) is 11.8 Å². The topological polar surface area (TPSA) is 40.5 Å². The minimum atomic E-state index is -0.143. The van der Waals surface area contributed by atoms with Gasteiger partial charge in [0.15, 0.2) is 0 Å². The number of amides is 1. The lowest BCUT2D eigenvalue weighted by atomic mass is 9.83. The third-order valence-corrected chi connectivity index (χ3v) is 7.01. The molecule has 0 saturated heterocycles. The molecule has 2 atom stereocenters. The van der Waals surface area contributed by atoms with Crippen molar-refractivity contribution in [1.82, 2.24) is 4.90 Å². The molecule has 0 bridgehead atoms. The smallest absolute Gasteiger partial charge is 0.222 e. The summed E-state index contributed by atoms with van der Waals surface area (Å²) in [5.41, 5.74) is 0. The number of carbonyl (C=O) groups excluding carboxylic acids is 1. The Kier molecular flexibility index (Phi) is 43.0. The molecule has 35 heavy (non-hydrogen) atoms. The second-order valence-corrected chi connectivity index (χ2v) is 10.9. The van der Waals surface area contributed by atoms with Crippen LogP contribution >= 0.6 is 11.8 Å². The molecule has 1 N–H and O–H groups in total. The second-order valence-electron chi connectivity index (χ2n) is 9.47. The number of aliphatic hydroxyl groups excluding tert-OH is 1. The molecule has 1 amide bonds. The maximum Gasteiger partial charge on any atom is 0.222 e. The summed E-state index contributed by atoms with van der Waals surface area (Å²) in [6.45, 7) is 19.1. The first-order valence-corrected chi connectivity index (χ1v) is 16.4. The first kappa shape index (κ1) is 41.9. The molecule has 0 aromatic heterocycles. The van der Waals surface area contributed by atoms with Crippen LogP contribution in [-0.2, 0) is 4.79 Å². The van der Waals surface area contributed by atoms with Crippen LogP contribution in [0.1, 0.15) is 152 Å². The Balaban J connectivity index is -0.000000528. The number of aliphatic hydroxyl groups is 1. The van der Waals surface area contributed by atoms with E-state index in [0.29, 0.717) is 18.3 Å². The van der Waals surface area contributed by atoms with E-state index in [1.807, 2.05) is 53.6 Å². The van der Waals surface area contributed by atoms with Crippen LogP contribution < -0.4 is 0 Å². The molecule has 0 aliphatic rings. The number of thioether (sulfide) groups is 1. The van der Waals surface area contributed by atoms with Gasteiger partial charge in [-0.15, -0.1) is 0 Å². The number of nitrogens with zero attached hydrogens (tertiary/aromatic N) is 1. The second kappa shape index (κ2) is 35.9. The maximum atomic E-state index is 11.6. The number of hydrogen-bond acceptors (Lipinski definition) is 3. The zero-order valence-corrected chi connectivity index (χ0v) is 27.1. The number of unbranched alkanes of at least 4 members (excludes halogenated alkanes) is 8. The average Bonchev–Trinajstić information content (AvgIpc) is 2.87. The third-order valence-electron chi connectivity index (χ3n) is 6.02. The molecule has 2 unspecified atom stereocenters. The number of rotatable bonds is 19. The maximum absolute atomic E-state index is 11.6. The Bertz CT molecular complexity index is 373. The molecule has 4 heteroatoms. The fourth-order valence-electron chi connectivity index (χ4n) is 3.65. The van der Waals surface area contributed by atoms with Crippen LogP contribution in [0.15, 0.2) is 0 Å². The summed E-state index contributed by atoms with van der Waals surface area (Å²) in [6.07, 6.45) is 16.1. The highest BCUT2D eigenvalue weighted by Crippen LogP contribution is 2.26. The molecule has 0 aromatic rings. The standard InChI is InChI=1S/C23H47NO2S.C4H10.2C2H6/c1-6-27-19-15-11-7-8-13-17-22(25)21(20(2)3)16-12-9-10-14-18-23(26)24(4)5;1-3-4-2;2*1-2/h20-22,25H,6-19H2,1-5H3;3-4H2,1-2H3;2*1-2H3. The van der Waals surface area contributed by atoms with E-state index in [-0.39, 0.29) is 12.0 Å². The van der Waals surface area contributed by atoms with Gasteiger partial charge < -0.3 is 10.0 Å². The van der Waals surface area contributed by atoms with Crippen LogP contribution in [0.5, 0.6) is 0 Å². The predicted octanol–water partition coefficient (Wildman–Crippen LogP) is 10.0. The SMILES string of the molecule is CC.CC.CCCC.CCSCCCCCCCC(O)C(CCCCCCC(=O)N(C)C)C(C)C. The van der Waals surface area contributed by atoms with E-state index in [4.69, 9.17) is 0 Å². The van der Waals surface area contributed by atoms with E-state index in [1.54, 1.807) is 4.90 Å². The fourth-order valence-corrected chi connectivity index (χ4v) is 4.35. The summed E-state index contributed by atoms with van der Waals surface area (Å²) >= 11 is 2.04. The van der Waals surface area contributed by atoms with Gasteiger partial charge in [0.05, 0.1) is 6.10 Å². The summed E-state index contributed by atoms with van der Waals surface area (Å²) in [5, 5.41) is 10.6. The predicted molar refractivity (Wildman–Crippen MR) is 165 cm³/mol. The van der Waals surface area contributed by atoms with Gasteiger partial charge in [-0.3, -0.25) is 4.79 Å². The largest absolute Gasteiger partial charge is 0.393 e. The number of carbonyl (C=O) groups is 1. The molecule has 0 aromatic carbocycles. The van der Waals surface area contributed by atoms with Crippen LogP contribution in [0.2, 0.25) is 0 Å². The van der Waals surface area contributed by atoms with Crippen molar-refractivity contribution in [1.29, 1.82) is 0 Å². The molecule has 0 saturated carbocycles. The zero-order valence-electron chi connectivity index (χ0n) is 26.3. The van der Waals surface area contributed by atoms with Gasteiger partial charge in [-0.25, -0.2) is 0 Å². The van der Waals surface area contributed by atoms with Crippen LogP contribution in [0.25, 0.3) is 0 Å². The van der Waals surface area contributed by atoms with Gasteiger partial charge in [0, 0.05) is 20.5 Å². The van der Waals surface area contributed by atoms with Crippen molar-refractivity contribution in [3.05, 3.63) is 0 Å². The molecular weight excluding hydrogens is 450 g/mol. The molecule has 0 radical (unpaired) electrons. The van der Waals surface area contributed by atoms with Crippen molar-refractivity contribution in [3.8, 4) is 0 Å². The zero-order chi connectivity index (χ0) is 27.9. The Morgan fingerprint density at radius 2 is 1.20 bits per heavy atom. The van der Waals surface area contributed by atoms with Crippen molar-refractivity contribution < 1.29 is 9.90 Å². The molecule has 0 aliphatic heterocycles. The summed E-state index contributed by atoms with van der Waals surface area (Å²) in [7, 11) is 3.64. The Labute approximate surface area is 228 Å². The van der Waals surface area contributed by atoms with E-state index in [9.17, 15) is 9.90 Å². The van der Waals surface area contributed by atoms with E-state index in [2.05, 4.69) is 34.6 Å². The van der Waals surface area contributed by atoms with Crippen LogP contribution in [0.4, 0.5) is 0 Å². The number of hydrogen-bond donors (Lipinski definition) is 1. The quantitative estimate of drug-likeness (QED) is 0.173. The molecule has 0 fully saturated rings. The van der Waals surface area contributed by atoms with Gasteiger partial charge in [0.1, 0.15) is 0 Å². The van der Waals surface area contributed by atoms with Crippen molar-refractivity contribution in [2.45, 2.75) is 158 Å². The minimum Gasteiger partial charge on any atom is -0.393 e. The third kappa shape index (κ3) is 33.8. The van der Waals surface area contributed by atoms with Gasteiger partial charge in [0.2, 0.25) is 5.91 Å². The Morgan fingerprint density at radius 3 is 1.66 bits per heavy atom. The van der Waals surface area contributed by atoms with E-state index >= 15 is 0 Å². The summed E-state index contributed by atoms with van der Waals surface area (Å²) in [4.78, 5) is 13.2. The summed E-state index contributed by atoms with van der Waals surface area (Å²) in [5.74, 6) is 3.74. The normalized spacial score (nSPS) is 11.8. The highest BCUT2D eigenvalue weighted by molar-refractivity contribution is 7.99. The van der Waals surface area contributed by atoms with E-state index in [0.717, 1.165) is 32.1 Å². The fraction of sp³-hybridized carbons (Fsp3) is 0.968. The van der Waals surface area contributed by atoms with Crippen LogP contribution in [-0.4, -0.2) is 47.6 Å². The van der Waals surface area contributed by atoms with Gasteiger partial charge >= 0.3 is 0 Å². The minimum absolute atomic E-state index is 0.143. The Morgan fingerprint density at radius 1 is 0.743 bits per heavy atom. The molecule has 0 aliphatic carbocycles. The molecular formula is C31H69NO2S. The first-order chi connectivity index (χ1) is 16.8.